The second kappa shape index (κ2) is 7.81. The lowest BCUT2D eigenvalue weighted by Gasteiger charge is -2.04. The zero-order valence-corrected chi connectivity index (χ0v) is 16.8. The second-order valence-electron chi connectivity index (χ2n) is 6.57. The number of fused-ring (bicyclic) bond motifs is 2. The highest BCUT2D eigenvalue weighted by molar-refractivity contribution is 8.13. The highest BCUT2D eigenvalue weighted by Gasteiger charge is 2.14. The number of imidazole rings is 1. The van der Waals surface area contributed by atoms with Gasteiger partial charge in [-0.25, -0.2) is 9.98 Å². The number of rotatable bonds is 5. The van der Waals surface area contributed by atoms with Crippen LogP contribution in [0, 0.1) is 0 Å². The van der Waals surface area contributed by atoms with E-state index in [4.69, 9.17) is 9.98 Å². The van der Waals surface area contributed by atoms with Gasteiger partial charge in [0, 0.05) is 17.9 Å². The number of para-hydroxylation sites is 3. The van der Waals surface area contributed by atoms with Crippen molar-refractivity contribution in [1.29, 1.82) is 0 Å². The SMILES string of the molecule is c1cc(CSC2=Nc3ccccc3C2)nc(CSc2nc3ccccc3[nH]2)c1. The first kappa shape index (κ1) is 17.5. The van der Waals surface area contributed by atoms with Gasteiger partial charge in [0.25, 0.3) is 0 Å². The molecule has 1 N–H and O–H groups in total. The number of H-pyrrole nitrogens is 1. The van der Waals surface area contributed by atoms with Gasteiger partial charge >= 0.3 is 0 Å². The molecule has 0 atom stereocenters. The van der Waals surface area contributed by atoms with Crippen LogP contribution in [-0.4, -0.2) is 20.0 Å². The van der Waals surface area contributed by atoms with Gasteiger partial charge in [0.15, 0.2) is 5.16 Å². The Labute approximate surface area is 171 Å². The predicted molar refractivity (Wildman–Crippen MR) is 118 cm³/mol. The Morgan fingerprint density at radius 1 is 0.786 bits per heavy atom. The molecule has 4 aromatic rings. The van der Waals surface area contributed by atoms with Crippen molar-refractivity contribution in [2.45, 2.75) is 23.1 Å². The molecule has 28 heavy (non-hydrogen) atoms. The van der Waals surface area contributed by atoms with E-state index in [-0.39, 0.29) is 0 Å². The van der Waals surface area contributed by atoms with Crippen molar-refractivity contribution in [1.82, 2.24) is 15.0 Å². The quantitative estimate of drug-likeness (QED) is 0.431. The molecule has 5 rings (SSSR count). The third-order valence-corrected chi connectivity index (χ3v) is 6.47. The molecule has 2 aromatic carbocycles. The number of pyridine rings is 1. The van der Waals surface area contributed by atoms with E-state index in [9.17, 15) is 0 Å². The summed E-state index contributed by atoms with van der Waals surface area (Å²) in [5.74, 6) is 1.64. The van der Waals surface area contributed by atoms with Crippen LogP contribution in [0.2, 0.25) is 0 Å². The van der Waals surface area contributed by atoms with Crippen molar-refractivity contribution in [3.63, 3.8) is 0 Å². The van der Waals surface area contributed by atoms with E-state index in [0.717, 1.165) is 51.2 Å². The number of hydrogen-bond acceptors (Lipinski definition) is 5. The topological polar surface area (TPSA) is 53.9 Å². The van der Waals surface area contributed by atoms with E-state index in [1.165, 1.54) is 10.6 Å². The summed E-state index contributed by atoms with van der Waals surface area (Å²) >= 11 is 3.47. The van der Waals surface area contributed by atoms with E-state index < -0.39 is 0 Å². The molecule has 0 bridgehead atoms. The summed E-state index contributed by atoms with van der Waals surface area (Å²) in [4.78, 5) is 17.5. The third-order valence-electron chi connectivity index (χ3n) is 4.55. The van der Waals surface area contributed by atoms with E-state index in [1.54, 1.807) is 23.5 Å². The van der Waals surface area contributed by atoms with Gasteiger partial charge in [-0.1, -0.05) is 48.2 Å². The summed E-state index contributed by atoms with van der Waals surface area (Å²) in [7, 11) is 0. The van der Waals surface area contributed by atoms with E-state index >= 15 is 0 Å². The maximum Gasteiger partial charge on any atom is 0.166 e. The molecule has 0 fully saturated rings. The zero-order valence-electron chi connectivity index (χ0n) is 15.1. The van der Waals surface area contributed by atoms with Gasteiger partial charge in [0.2, 0.25) is 0 Å². The highest BCUT2D eigenvalue weighted by Crippen LogP contribution is 2.31. The van der Waals surface area contributed by atoms with Gasteiger partial charge < -0.3 is 4.98 Å². The smallest absolute Gasteiger partial charge is 0.166 e. The number of aromatic amines is 1. The molecule has 0 spiro atoms. The number of thioether (sulfide) groups is 2. The molecule has 1 aliphatic rings. The second-order valence-corrected chi connectivity index (χ2v) is 8.58. The van der Waals surface area contributed by atoms with Gasteiger partial charge in [-0.15, -0.1) is 11.8 Å². The number of nitrogens with zero attached hydrogens (tertiary/aromatic N) is 3. The van der Waals surface area contributed by atoms with Crippen LogP contribution in [0.3, 0.4) is 0 Å². The van der Waals surface area contributed by atoms with E-state index in [1.807, 2.05) is 30.3 Å². The molecular weight excluding hydrogens is 384 g/mol. The molecule has 1 aliphatic heterocycles. The number of aliphatic imine (C=N–C) groups is 1. The van der Waals surface area contributed by atoms with Crippen LogP contribution in [0.5, 0.6) is 0 Å². The van der Waals surface area contributed by atoms with Crippen molar-refractivity contribution < 1.29 is 0 Å². The van der Waals surface area contributed by atoms with Crippen LogP contribution in [0.1, 0.15) is 17.0 Å². The minimum absolute atomic E-state index is 0.796. The first-order valence-corrected chi connectivity index (χ1v) is 11.1. The zero-order chi connectivity index (χ0) is 18.8. The summed E-state index contributed by atoms with van der Waals surface area (Å²) in [5.41, 5.74) is 6.65. The first-order valence-electron chi connectivity index (χ1n) is 9.14. The molecule has 138 valence electrons. The molecule has 3 heterocycles. The average molecular weight is 403 g/mol. The van der Waals surface area contributed by atoms with Crippen LogP contribution in [0.15, 0.2) is 76.9 Å². The van der Waals surface area contributed by atoms with Crippen LogP contribution in [0.25, 0.3) is 11.0 Å². The molecule has 0 radical (unpaired) electrons. The monoisotopic (exact) mass is 402 g/mol. The summed E-state index contributed by atoms with van der Waals surface area (Å²) in [5, 5.41) is 2.10. The van der Waals surface area contributed by atoms with Crippen molar-refractivity contribution >= 4 is 45.3 Å². The minimum atomic E-state index is 0.796. The van der Waals surface area contributed by atoms with Crippen LogP contribution in [0.4, 0.5) is 5.69 Å². The normalized spacial score (nSPS) is 12.9. The van der Waals surface area contributed by atoms with Crippen molar-refractivity contribution in [3.8, 4) is 0 Å². The predicted octanol–water partition coefficient (Wildman–Crippen LogP) is 5.77. The van der Waals surface area contributed by atoms with Crippen molar-refractivity contribution in [3.05, 3.63) is 83.7 Å². The lowest BCUT2D eigenvalue weighted by Crippen LogP contribution is -1.96. The molecule has 0 saturated heterocycles. The molecule has 0 saturated carbocycles. The van der Waals surface area contributed by atoms with Gasteiger partial charge in [-0.05, 0) is 35.9 Å². The maximum atomic E-state index is 4.81. The highest BCUT2D eigenvalue weighted by atomic mass is 32.2. The Hall–Kier alpha value is -2.57. The van der Waals surface area contributed by atoms with Gasteiger partial charge in [0.05, 0.1) is 33.2 Å². The number of hydrogen-bond donors (Lipinski definition) is 1. The van der Waals surface area contributed by atoms with Crippen molar-refractivity contribution in [2.24, 2.45) is 4.99 Å². The largest absolute Gasteiger partial charge is 0.333 e. The Bertz CT molecular complexity index is 1130. The van der Waals surface area contributed by atoms with Crippen LogP contribution < -0.4 is 0 Å². The Morgan fingerprint density at radius 3 is 2.43 bits per heavy atom. The molecule has 0 amide bonds. The summed E-state index contributed by atoms with van der Waals surface area (Å²) < 4.78 is 0. The standard InChI is InChI=1S/C22H18N4S2/c1-2-9-18-15(6-1)12-21(24-18)27-13-16-7-5-8-17(23-16)14-28-22-25-19-10-3-4-11-20(19)26-22/h1-11H,12-14H2,(H,25,26). The molecule has 0 aliphatic carbocycles. The number of aromatic nitrogens is 3. The lowest BCUT2D eigenvalue weighted by atomic mass is 10.2. The van der Waals surface area contributed by atoms with E-state index in [2.05, 4.69) is 46.4 Å². The number of benzene rings is 2. The first-order chi connectivity index (χ1) is 13.8. The maximum absolute atomic E-state index is 4.81. The molecule has 4 nitrogen and oxygen atoms in total. The fraction of sp³-hybridized carbons (Fsp3) is 0.136. The van der Waals surface area contributed by atoms with Crippen molar-refractivity contribution in [2.75, 3.05) is 0 Å². The Morgan fingerprint density at radius 2 is 1.57 bits per heavy atom. The number of nitrogens with one attached hydrogen (secondary N) is 1. The van der Waals surface area contributed by atoms with Gasteiger partial charge in [-0.2, -0.15) is 0 Å². The molecule has 6 heteroatoms. The fourth-order valence-corrected chi connectivity index (χ4v) is 4.86. The van der Waals surface area contributed by atoms with Crippen LogP contribution in [-0.2, 0) is 17.9 Å². The Kier molecular flexibility index (Phi) is 4.89. The molecular formula is C22H18N4S2. The molecule has 2 aromatic heterocycles. The molecule has 0 unspecified atom stereocenters. The fourth-order valence-electron chi connectivity index (χ4n) is 3.18. The Balaban J connectivity index is 1.20. The third kappa shape index (κ3) is 3.84. The minimum Gasteiger partial charge on any atom is -0.333 e. The van der Waals surface area contributed by atoms with E-state index in [0.29, 0.717) is 0 Å². The summed E-state index contributed by atoms with van der Waals surface area (Å²) in [6.07, 6.45) is 0.933. The lowest BCUT2D eigenvalue weighted by molar-refractivity contribution is 1.06. The summed E-state index contributed by atoms with van der Waals surface area (Å²) in [6, 6.07) is 22.7. The van der Waals surface area contributed by atoms with Gasteiger partial charge in [-0.3, -0.25) is 4.98 Å². The van der Waals surface area contributed by atoms with Gasteiger partial charge in [0.1, 0.15) is 0 Å². The van der Waals surface area contributed by atoms with Crippen LogP contribution >= 0.6 is 23.5 Å². The average Bonchev–Trinajstić information content (AvgIpc) is 3.34. The summed E-state index contributed by atoms with van der Waals surface area (Å²) in [6.45, 7) is 0.